The van der Waals surface area contributed by atoms with Crippen LogP contribution in [0.5, 0.6) is 5.75 Å². The maximum atomic E-state index is 11.6. The second-order valence-corrected chi connectivity index (χ2v) is 4.63. The number of amides is 1. The van der Waals surface area contributed by atoms with Gasteiger partial charge in [0.15, 0.2) is 6.61 Å². The van der Waals surface area contributed by atoms with Gasteiger partial charge in [-0.25, -0.2) is 4.79 Å². The Balaban J connectivity index is 2.52. The average molecular weight is 298 g/mol. The van der Waals surface area contributed by atoms with E-state index in [9.17, 15) is 9.59 Å². The van der Waals surface area contributed by atoms with Gasteiger partial charge in [0.05, 0.1) is 12.1 Å². The molecule has 20 heavy (non-hydrogen) atoms. The third-order valence-electron chi connectivity index (χ3n) is 2.19. The van der Waals surface area contributed by atoms with E-state index < -0.39 is 11.9 Å². The van der Waals surface area contributed by atoms with Crippen LogP contribution in [-0.4, -0.2) is 25.6 Å². The fourth-order valence-corrected chi connectivity index (χ4v) is 1.61. The fraction of sp³-hybridized carbons (Fsp3) is 0.286. The highest BCUT2D eigenvalue weighted by Crippen LogP contribution is 2.27. The predicted octanol–water partition coefficient (Wildman–Crippen LogP) is 2.80. The molecule has 5 nitrogen and oxygen atoms in total. The quantitative estimate of drug-likeness (QED) is 0.670. The molecule has 0 heterocycles. The molecule has 0 saturated carbocycles. The summed E-state index contributed by atoms with van der Waals surface area (Å²) in [4.78, 5) is 22.8. The summed E-state index contributed by atoms with van der Waals surface area (Å²) in [6.07, 6.45) is 1.32. The zero-order chi connectivity index (χ0) is 15.1. The smallest absolute Gasteiger partial charge is 0.331 e. The highest BCUT2D eigenvalue weighted by Gasteiger charge is 2.08. The Kier molecular flexibility index (Phi) is 6.06. The maximum Gasteiger partial charge on any atom is 0.331 e. The molecule has 6 heteroatoms. The number of halogens is 1. The van der Waals surface area contributed by atoms with Crippen LogP contribution in [0, 0.1) is 0 Å². The van der Waals surface area contributed by atoms with Crippen LogP contribution in [0.2, 0.25) is 5.02 Å². The van der Waals surface area contributed by atoms with Crippen LogP contribution in [0.15, 0.2) is 29.8 Å². The van der Waals surface area contributed by atoms with Gasteiger partial charge in [0.1, 0.15) is 5.75 Å². The van der Waals surface area contributed by atoms with Gasteiger partial charge in [-0.2, -0.15) is 0 Å². The molecule has 1 amide bonds. The van der Waals surface area contributed by atoms with Crippen LogP contribution in [-0.2, 0) is 14.3 Å². The average Bonchev–Trinajstić information content (AvgIpc) is 2.36. The van der Waals surface area contributed by atoms with E-state index in [-0.39, 0.29) is 6.61 Å². The van der Waals surface area contributed by atoms with Crippen LogP contribution in [0.1, 0.15) is 13.8 Å². The van der Waals surface area contributed by atoms with E-state index in [0.717, 1.165) is 5.57 Å². The zero-order valence-corrected chi connectivity index (χ0v) is 12.3. The van der Waals surface area contributed by atoms with Gasteiger partial charge in [-0.15, -0.1) is 0 Å². The number of ether oxygens (including phenoxy) is 2. The molecule has 0 unspecified atom stereocenters. The van der Waals surface area contributed by atoms with Crippen LogP contribution >= 0.6 is 11.6 Å². The molecule has 0 saturated heterocycles. The van der Waals surface area contributed by atoms with E-state index in [0.29, 0.717) is 16.5 Å². The van der Waals surface area contributed by atoms with E-state index >= 15 is 0 Å². The summed E-state index contributed by atoms with van der Waals surface area (Å²) < 4.78 is 9.78. The van der Waals surface area contributed by atoms with Crippen molar-refractivity contribution in [3.05, 3.63) is 34.9 Å². The first-order valence-corrected chi connectivity index (χ1v) is 6.25. The lowest BCUT2D eigenvalue weighted by atomic mass is 10.3. The Morgan fingerprint density at radius 3 is 2.60 bits per heavy atom. The molecule has 0 aliphatic heterocycles. The molecule has 0 spiro atoms. The van der Waals surface area contributed by atoms with Crippen LogP contribution in [0.4, 0.5) is 5.69 Å². The monoisotopic (exact) mass is 297 g/mol. The number of nitrogens with one attached hydrogen (secondary N) is 1. The minimum atomic E-state index is -0.548. The normalized spacial score (nSPS) is 9.60. The largest absolute Gasteiger partial charge is 0.495 e. The lowest BCUT2D eigenvalue weighted by Gasteiger charge is -2.08. The summed E-state index contributed by atoms with van der Waals surface area (Å²) in [6, 6.07) is 4.82. The number of carbonyl (C=O) groups excluding carboxylic acids is 2. The van der Waals surface area contributed by atoms with Gasteiger partial charge < -0.3 is 14.8 Å². The molecule has 1 aromatic rings. The summed E-state index contributed by atoms with van der Waals surface area (Å²) in [5.41, 5.74) is 1.30. The number of rotatable bonds is 5. The minimum Gasteiger partial charge on any atom is -0.495 e. The molecular weight excluding hydrogens is 282 g/mol. The summed E-state index contributed by atoms with van der Waals surface area (Å²) in [7, 11) is 1.50. The van der Waals surface area contributed by atoms with E-state index in [4.69, 9.17) is 21.1 Å². The number of methoxy groups -OCH3 is 1. The lowest BCUT2D eigenvalue weighted by molar-refractivity contribution is -0.142. The first kappa shape index (κ1) is 16.0. The molecule has 0 bridgehead atoms. The van der Waals surface area contributed by atoms with E-state index in [1.807, 2.05) is 0 Å². The predicted molar refractivity (Wildman–Crippen MR) is 77.0 cm³/mol. The topological polar surface area (TPSA) is 64.6 Å². The number of carbonyl (C=O) groups is 2. The Morgan fingerprint density at radius 2 is 2.05 bits per heavy atom. The highest BCUT2D eigenvalue weighted by atomic mass is 35.5. The molecule has 1 aromatic carbocycles. The third-order valence-corrected chi connectivity index (χ3v) is 2.48. The van der Waals surface area contributed by atoms with Gasteiger partial charge in [0, 0.05) is 11.8 Å². The molecule has 0 atom stereocenters. The first-order chi connectivity index (χ1) is 9.42. The molecular formula is C14H16ClNO4. The molecule has 0 aliphatic rings. The molecule has 108 valence electrons. The molecule has 1 N–H and O–H groups in total. The number of benzene rings is 1. The van der Waals surface area contributed by atoms with Crippen LogP contribution < -0.4 is 10.1 Å². The van der Waals surface area contributed by atoms with Gasteiger partial charge in [-0.3, -0.25) is 4.79 Å². The third kappa shape index (κ3) is 5.32. The van der Waals surface area contributed by atoms with Gasteiger partial charge in [0.2, 0.25) is 0 Å². The van der Waals surface area contributed by atoms with Crippen molar-refractivity contribution in [1.82, 2.24) is 0 Å². The Labute approximate surface area is 122 Å². The van der Waals surface area contributed by atoms with Crippen molar-refractivity contribution in [3.63, 3.8) is 0 Å². The number of hydrogen-bond acceptors (Lipinski definition) is 4. The summed E-state index contributed by atoms with van der Waals surface area (Å²) in [6.45, 7) is 3.17. The molecule has 0 aliphatic carbocycles. The highest BCUT2D eigenvalue weighted by molar-refractivity contribution is 6.32. The summed E-state index contributed by atoms with van der Waals surface area (Å²) in [5.74, 6) is -0.477. The van der Waals surface area contributed by atoms with Crippen molar-refractivity contribution in [3.8, 4) is 5.75 Å². The minimum absolute atomic E-state index is 0.355. The Bertz CT molecular complexity index is 536. The molecule has 0 fully saturated rings. The zero-order valence-electron chi connectivity index (χ0n) is 11.5. The van der Waals surface area contributed by atoms with Crippen molar-refractivity contribution in [1.29, 1.82) is 0 Å². The summed E-state index contributed by atoms with van der Waals surface area (Å²) >= 11 is 5.93. The van der Waals surface area contributed by atoms with E-state index in [2.05, 4.69) is 5.32 Å². The van der Waals surface area contributed by atoms with Crippen LogP contribution in [0.25, 0.3) is 0 Å². The number of hydrogen-bond donors (Lipinski definition) is 1. The Morgan fingerprint density at radius 1 is 1.35 bits per heavy atom. The molecule has 0 aromatic heterocycles. The van der Waals surface area contributed by atoms with Crippen molar-refractivity contribution in [2.75, 3.05) is 19.0 Å². The van der Waals surface area contributed by atoms with Crippen LogP contribution in [0.3, 0.4) is 0 Å². The van der Waals surface area contributed by atoms with E-state index in [1.54, 1.807) is 32.0 Å². The maximum absolute atomic E-state index is 11.6. The first-order valence-electron chi connectivity index (χ1n) is 5.87. The molecule has 0 radical (unpaired) electrons. The SMILES string of the molecule is COc1ccc(NC(=O)COC(=O)C=C(C)C)cc1Cl. The van der Waals surface area contributed by atoms with E-state index in [1.165, 1.54) is 13.2 Å². The lowest BCUT2D eigenvalue weighted by Crippen LogP contribution is -2.20. The van der Waals surface area contributed by atoms with Gasteiger partial charge in [0.25, 0.3) is 5.91 Å². The van der Waals surface area contributed by atoms with Gasteiger partial charge >= 0.3 is 5.97 Å². The van der Waals surface area contributed by atoms with Crippen molar-refractivity contribution in [2.45, 2.75) is 13.8 Å². The standard InChI is InChI=1S/C14H16ClNO4/c1-9(2)6-14(18)20-8-13(17)16-10-4-5-12(19-3)11(15)7-10/h4-7H,8H2,1-3H3,(H,16,17). The number of allylic oxidation sites excluding steroid dienone is 1. The molecule has 1 rings (SSSR count). The fourth-order valence-electron chi connectivity index (χ4n) is 1.36. The van der Waals surface area contributed by atoms with Crippen molar-refractivity contribution < 1.29 is 19.1 Å². The second kappa shape index (κ2) is 7.55. The van der Waals surface area contributed by atoms with Crippen molar-refractivity contribution in [2.24, 2.45) is 0 Å². The summed E-state index contributed by atoms with van der Waals surface area (Å²) in [5, 5.41) is 2.95. The number of anilines is 1. The van der Waals surface area contributed by atoms with Gasteiger partial charge in [-0.05, 0) is 32.0 Å². The van der Waals surface area contributed by atoms with Gasteiger partial charge in [-0.1, -0.05) is 17.2 Å². The van der Waals surface area contributed by atoms with Crippen molar-refractivity contribution >= 4 is 29.2 Å². The number of esters is 1. The Hall–Kier alpha value is -2.01. The second-order valence-electron chi connectivity index (χ2n) is 4.23.